The second kappa shape index (κ2) is 16.7. The summed E-state index contributed by atoms with van der Waals surface area (Å²) in [7, 11) is 0. The van der Waals surface area contributed by atoms with E-state index in [4.69, 9.17) is 14.6 Å². The average Bonchev–Trinajstić information content (AvgIpc) is 2.70. The summed E-state index contributed by atoms with van der Waals surface area (Å²) in [5.74, 6) is -4.21. The number of carboxylic acids is 1. The van der Waals surface area contributed by atoms with Crippen molar-refractivity contribution in [2.24, 2.45) is 0 Å². The van der Waals surface area contributed by atoms with E-state index in [2.05, 4.69) is 5.32 Å². The van der Waals surface area contributed by atoms with E-state index in [0.29, 0.717) is 0 Å². The molecule has 0 fully saturated rings. The molecule has 6 N–H and O–H groups in total. The van der Waals surface area contributed by atoms with Crippen molar-refractivity contribution in [1.82, 2.24) is 5.32 Å². The van der Waals surface area contributed by atoms with Crippen molar-refractivity contribution in [2.75, 3.05) is 6.61 Å². The zero-order valence-electron chi connectivity index (χ0n) is 21.2. The summed E-state index contributed by atoms with van der Waals surface area (Å²) < 4.78 is 9.76. The molecule has 14 nitrogen and oxygen atoms in total. The fourth-order valence-electron chi connectivity index (χ4n) is 2.36. The molecule has 36 heavy (non-hydrogen) atoms. The molecule has 0 aromatic carbocycles. The lowest BCUT2D eigenvalue weighted by atomic mass is 9.98. The summed E-state index contributed by atoms with van der Waals surface area (Å²) in [6.07, 6.45) is -11.1. The number of amides is 1. The largest absolute Gasteiger partial charge is 0.480 e. The van der Waals surface area contributed by atoms with Gasteiger partial charge in [-0.25, -0.2) is 9.59 Å². The van der Waals surface area contributed by atoms with Gasteiger partial charge in [0, 0.05) is 6.42 Å². The standard InChI is InChI=1S/C19H31NO12.C3H6O/c1-9(22)7-11(23)16(15(27)14(26)12(24)8-21)31-13(25)6-5-10(17(28)29)20-18(30)32-19(2,3)4;1-3(2)4/h10,12,14-16,21,24,26-27H,5-8H2,1-4H3,(H,20,30)(H,28,29);1-2H3/t10-,12+,14+,15-,16-;/m0./s1. The number of carboxylic acid groups (broad SMARTS) is 1. The number of carbonyl (C=O) groups is 6. The van der Waals surface area contributed by atoms with Gasteiger partial charge in [-0.2, -0.15) is 0 Å². The number of ether oxygens (including phenoxy) is 2. The van der Waals surface area contributed by atoms with Crippen LogP contribution in [0.3, 0.4) is 0 Å². The summed E-state index contributed by atoms with van der Waals surface area (Å²) >= 11 is 0. The van der Waals surface area contributed by atoms with Gasteiger partial charge >= 0.3 is 18.0 Å². The maximum absolute atomic E-state index is 12.2. The van der Waals surface area contributed by atoms with Crippen molar-refractivity contribution in [1.29, 1.82) is 0 Å². The smallest absolute Gasteiger partial charge is 0.408 e. The summed E-state index contributed by atoms with van der Waals surface area (Å²) in [4.78, 5) is 68.1. The normalized spacial score (nSPS) is 15.1. The number of carbonyl (C=O) groups excluding carboxylic acids is 5. The predicted molar refractivity (Wildman–Crippen MR) is 122 cm³/mol. The van der Waals surface area contributed by atoms with Crippen molar-refractivity contribution in [3.63, 3.8) is 0 Å². The quantitative estimate of drug-likeness (QED) is 0.124. The second-order valence-electron chi connectivity index (χ2n) is 8.97. The maximum atomic E-state index is 12.2. The highest BCUT2D eigenvalue weighted by atomic mass is 16.6. The second-order valence-corrected chi connectivity index (χ2v) is 8.97. The van der Waals surface area contributed by atoms with Gasteiger partial charge in [0.2, 0.25) is 0 Å². The fourth-order valence-corrected chi connectivity index (χ4v) is 2.36. The number of aliphatic hydroxyl groups is 4. The number of alkyl carbamates (subject to hydrolysis) is 1. The predicted octanol–water partition coefficient (Wildman–Crippen LogP) is -1.13. The Balaban J connectivity index is 0. The minimum atomic E-state index is -2.18. The van der Waals surface area contributed by atoms with E-state index in [1.54, 1.807) is 20.8 Å². The van der Waals surface area contributed by atoms with E-state index in [9.17, 15) is 49.2 Å². The van der Waals surface area contributed by atoms with Crippen LogP contribution in [0, 0.1) is 0 Å². The van der Waals surface area contributed by atoms with E-state index in [1.807, 2.05) is 0 Å². The average molecular weight is 524 g/mol. The molecule has 0 heterocycles. The minimum absolute atomic E-state index is 0.167. The molecule has 0 aromatic heterocycles. The number of hydrogen-bond acceptors (Lipinski definition) is 12. The van der Waals surface area contributed by atoms with Gasteiger partial charge in [0.1, 0.15) is 41.5 Å². The first-order valence-electron chi connectivity index (χ1n) is 10.9. The number of rotatable bonds is 13. The molecule has 14 heteroatoms. The first kappa shape index (κ1) is 35.2. The van der Waals surface area contributed by atoms with Crippen LogP contribution in [-0.4, -0.2) is 104 Å². The fraction of sp³-hybridized carbons (Fsp3) is 0.727. The zero-order chi connectivity index (χ0) is 28.8. The van der Waals surface area contributed by atoms with Gasteiger partial charge in [0.15, 0.2) is 11.9 Å². The van der Waals surface area contributed by atoms with Crippen molar-refractivity contribution < 1.29 is 63.8 Å². The number of nitrogens with one attached hydrogen (secondary N) is 1. The molecule has 0 aliphatic rings. The van der Waals surface area contributed by atoms with Gasteiger partial charge in [-0.15, -0.1) is 0 Å². The molecule has 0 spiro atoms. The van der Waals surface area contributed by atoms with Crippen LogP contribution < -0.4 is 5.32 Å². The van der Waals surface area contributed by atoms with Gasteiger partial charge in [0.05, 0.1) is 13.0 Å². The Morgan fingerprint density at radius 3 is 1.81 bits per heavy atom. The molecule has 208 valence electrons. The Morgan fingerprint density at radius 2 is 1.42 bits per heavy atom. The summed E-state index contributed by atoms with van der Waals surface area (Å²) in [6, 6.07) is -1.55. The first-order valence-corrected chi connectivity index (χ1v) is 10.9. The highest BCUT2D eigenvalue weighted by Crippen LogP contribution is 2.14. The van der Waals surface area contributed by atoms with Crippen LogP contribution in [0.15, 0.2) is 0 Å². The Kier molecular flexibility index (Phi) is 16.3. The molecule has 0 saturated heterocycles. The Hall–Kier alpha value is -2.94. The van der Waals surface area contributed by atoms with Crippen LogP contribution >= 0.6 is 0 Å². The summed E-state index contributed by atoms with van der Waals surface area (Å²) in [6.45, 7) is 7.82. The molecule has 5 atom stereocenters. The number of aliphatic hydroxyl groups excluding tert-OH is 4. The third-order valence-corrected chi connectivity index (χ3v) is 3.87. The first-order chi connectivity index (χ1) is 16.3. The number of ketones is 3. The molecule has 0 bridgehead atoms. The Labute approximate surface area is 208 Å². The number of esters is 1. The number of aliphatic carboxylic acids is 1. The molecule has 0 aliphatic heterocycles. The third-order valence-electron chi connectivity index (χ3n) is 3.87. The van der Waals surface area contributed by atoms with Crippen molar-refractivity contribution in [2.45, 2.75) is 96.9 Å². The van der Waals surface area contributed by atoms with E-state index in [-0.39, 0.29) is 5.78 Å². The Bertz CT molecular complexity index is 770. The van der Waals surface area contributed by atoms with Gasteiger partial charge in [-0.3, -0.25) is 14.4 Å². The molecule has 0 aromatic rings. The lowest BCUT2D eigenvalue weighted by Gasteiger charge is -2.28. The minimum Gasteiger partial charge on any atom is -0.480 e. The zero-order valence-corrected chi connectivity index (χ0v) is 21.2. The van der Waals surface area contributed by atoms with Crippen LogP contribution in [-0.2, 0) is 33.4 Å². The van der Waals surface area contributed by atoms with Crippen LogP contribution in [0.25, 0.3) is 0 Å². The van der Waals surface area contributed by atoms with Crippen molar-refractivity contribution in [3.05, 3.63) is 0 Å². The van der Waals surface area contributed by atoms with E-state index in [1.165, 1.54) is 13.8 Å². The van der Waals surface area contributed by atoms with E-state index in [0.717, 1.165) is 6.92 Å². The van der Waals surface area contributed by atoms with Gasteiger partial charge < -0.3 is 45.1 Å². The van der Waals surface area contributed by atoms with Crippen LogP contribution in [0.2, 0.25) is 0 Å². The molecule has 0 unspecified atom stereocenters. The lowest BCUT2D eigenvalue weighted by molar-refractivity contribution is -0.173. The molecule has 0 rings (SSSR count). The highest BCUT2D eigenvalue weighted by Gasteiger charge is 2.38. The van der Waals surface area contributed by atoms with E-state index >= 15 is 0 Å². The SMILES string of the molecule is CC(=O)CC(=O)[C@H](OC(=O)CC[C@H](NC(=O)OC(C)(C)C)C(=O)O)[C@@H](O)[C@H](O)[C@H](O)CO.CC(C)=O. The topological polar surface area (TPSA) is 234 Å². The van der Waals surface area contributed by atoms with E-state index < -0.39 is 91.5 Å². The van der Waals surface area contributed by atoms with Crippen LogP contribution in [0.5, 0.6) is 0 Å². The lowest BCUT2D eigenvalue weighted by Crippen LogP contribution is -2.50. The van der Waals surface area contributed by atoms with Crippen molar-refractivity contribution in [3.8, 4) is 0 Å². The maximum Gasteiger partial charge on any atom is 0.408 e. The monoisotopic (exact) mass is 523 g/mol. The summed E-state index contributed by atoms with van der Waals surface area (Å²) in [5, 5.41) is 49.5. The molecule has 0 aliphatic carbocycles. The molecule has 1 amide bonds. The van der Waals surface area contributed by atoms with Crippen LogP contribution in [0.4, 0.5) is 4.79 Å². The van der Waals surface area contributed by atoms with Crippen LogP contribution in [0.1, 0.15) is 60.8 Å². The van der Waals surface area contributed by atoms with Gasteiger partial charge in [-0.1, -0.05) is 0 Å². The third kappa shape index (κ3) is 16.6. The van der Waals surface area contributed by atoms with Crippen molar-refractivity contribution >= 4 is 35.4 Å². The molecular formula is C22H37NO13. The highest BCUT2D eigenvalue weighted by molar-refractivity contribution is 6.01. The summed E-state index contributed by atoms with van der Waals surface area (Å²) in [5.41, 5.74) is -0.896. The van der Waals surface area contributed by atoms with Gasteiger partial charge in [-0.05, 0) is 48.0 Å². The number of hydrogen-bond donors (Lipinski definition) is 6. The molecule has 0 saturated carbocycles. The number of Topliss-reactive ketones (excluding diaryl/α,β-unsaturated/α-hetero) is 3. The Morgan fingerprint density at radius 1 is 0.917 bits per heavy atom. The van der Waals surface area contributed by atoms with Gasteiger partial charge in [0.25, 0.3) is 0 Å². The molecular weight excluding hydrogens is 486 g/mol. The molecule has 0 radical (unpaired) electrons.